The molecule has 80 valence electrons. The SMILES string of the molecule is C=C(C)C(=O)Oc1ccccc1.O=CO. The van der Waals surface area contributed by atoms with E-state index < -0.39 is 0 Å². The van der Waals surface area contributed by atoms with Gasteiger partial charge in [-0.1, -0.05) is 24.8 Å². The van der Waals surface area contributed by atoms with Crippen LogP contribution < -0.4 is 4.74 Å². The van der Waals surface area contributed by atoms with E-state index >= 15 is 0 Å². The molecule has 0 fully saturated rings. The summed E-state index contributed by atoms with van der Waals surface area (Å²) < 4.78 is 4.94. The first-order valence-corrected chi connectivity index (χ1v) is 4.12. The molecule has 0 radical (unpaired) electrons. The van der Waals surface area contributed by atoms with Gasteiger partial charge >= 0.3 is 5.97 Å². The Morgan fingerprint density at radius 2 is 1.87 bits per heavy atom. The van der Waals surface area contributed by atoms with Gasteiger partial charge in [0.1, 0.15) is 5.75 Å². The Kier molecular flexibility index (Phi) is 6.29. The van der Waals surface area contributed by atoms with Crippen molar-refractivity contribution in [3.8, 4) is 5.75 Å². The Balaban J connectivity index is 0.000000583. The molecule has 0 amide bonds. The van der Waals surface area contributed by atoms with Gasteiger partial charge in [0.2, 0.25) is 0 Å². The minimum atomic E-state index is -0.388. The third-order valence-electron chi connectivity index (χ3n) is 1.30. The molecule has 4 heteroatoms. The summed E-state index contributed by atoms with van der Waals surface area (Å²) >= 11 is 0. The van der Waals surface area contributed by atoms with Crippen molar-refractivity contribution in [3.05, 3.63) is 42.5 Å². The molecule has 15 heavy (non-hydrogen) atoms. The van der Waals surface area contributed by atoms with Gasteiger partial charge in [-0.2, -0.15) is 0 Å². The number of para-hydroxylation sites is 1. The topological polar surface area (TPSA) is 63.6 Å². The third-order valence-corrected chi connectivity index (χ3v) is 1.30. The zero-order valence-corrected chi connectivity index (χ0v) is 8.34. The number of carboxylic acid groups (broad SMARTS) is 1. The summed E-state index contributed by atoms with van der Waals surface area (Å²) in [5.41, 5.74) is 0.402. The number of carbonyl (C=O) groups excluding carboxylic acids is 1. The van der Waals surface area contributed by atoms with Gasteiger partial charge in [0.15, 0.2) is 0 Å². The molecule has 0 aliphatic carbocycles. The molecule has 1 rings (SSSR count). The van der Waals surface area contributed by atoms with E-state index in [1.54, 1.807) is 31.2 Å². The van der Waals surface area contributed by atoms with E-state index in [1.807, 2.05) is 6.07 Å². The fourth-order valence-electron chi connectivity index (χ4n) is 0.683. The van der Waals surface area contributed by atoms with Crippen LogP contribution in [0.2, 0.25) is 0 Å². The van der Waals surface area contributed by atoms with E-state index in [1.165, 1.54) is 0 Å². The van der Waals surface area contributed by atoms with Gasteiger partial charge in [-0.05, 0) is 19.1 Å². The second-order valence-corrected chi connectivity index (χ2v) is 2.59. The summed E-state index contributed by atoms with van der Waals surface area (Å²) in [5.74, 6) is 0.159. The van der Waals surface area contributed by atoms with Crippen molar-refractivity contribution in [2.75, 3.05) is 0 Å². The van der Waals surface area contributed by atoms with E-state index in [9.17, 15) is 4.79 Å². The molecule has 0 atom stereocenters. The molecule has 1 aromatic carbocycles. The number of carbonyl (C=O) groups is 2. The lowest BCUT2D eigenvalue weighted by atomic mass is 10.3. The molecule has 4 nitrogen and oxygen atoms in total. The molecule has 0 heterocycles. The van der Waals surface area contributed by atoms with Crippen LogP contribution >= 0.6 is 0 Å². The molecule has 0 aromatic heterocycles. The van der Waals surface area contributed by atoms with Crippen molar-refractivity contribution in [2.45, 2.75) is 6.92 Å². The first-order chi connectivity index (χ1) is 7.11. The summed E-state index contributed by atoms with van der Waals surface area (Å²) in [4.78, 5) is 19.4. The maximum absolute atomic E-state index is 11.0. The molecule has 0 saturated carbocycles. The highest BCUT2D eigenvalue weighted by Crippen LogP contribution is 2.09. The zero-order valence-electron chi connectivity index (χ0n) is 8.34. The summed E-state index contributed by atoms with van der Waals surface area (Å²) in [5, 5.41) is 6.89. The van der Waals surface area contributed by atoms with Gasteiger partial charge < -0.3 is 9.84 Å². The van der Waals surface area contributed by atoms with Crippen LogP contribution in [0.1, 0.15) is 6.92 Å². The van der Waals surface area contributed by atoms with Gasteiger partial charge in [0, 0.05) is 5.57 Å². The highest BCUT2D eigenvalue weighted by Gasteiger charge is 2.03. The smallest absolute Gasteiger partial charge is 0.338 e. The van der Waals surface area contributed by atoms with Gasteiger partial charge in [0.25, 0.3) is 6.47 Å². The first kappa shape index (κ1) is 12.9. The monoisotopic (exact) mass is 208 g/mol. The Morgan fingerprint density at radius 3 is 2.27 bits per heavy atom. The van der Waals surface area contributed by atoms with Crippen LogP contribution in [0.4, 0.5) is 0 Å². The molecule has 0 spiro atoms. The number of ether oxygens (including phenoxy) is 1. The molecule has 1 N–H and O–H groups in total. The molecule has 0 unspecified atom stereocenters. The Hall–Kier alpha value is -2.10. The van der Waals surface area contributed by atoms with Gasteiger partial charge in [-0.3, -0.25) is 4.79 Å². The van der Waals surface area contributed by atoms with E-state index in [2.05, 4.69) is 6.58 Å². The van der Waals surface area contributed by atoms with Gasteiger partial charge in [-0.15, -0.1) is 0 Å². The molecule has 0 aliphatic heterocycles. The van der Waals surface area contributed by atoms with Crippen LogP contribution in [0, 0.1) is 0 Å². The standard InChI is InChI=1S/C10H10O2.CH2O2/c1-8(2)10(11)12-9-6-4-3-5-7-9;2-1-3/h3-7H,1H2,2H3;1H,(H,2,3). The quantitative estimate of drug-likeness (QED) is 0.349. The Labute approximate surface area is 87.8 Å². The maximum Gasteiger partial charge on any atom is 0.338 e. The van der Waals surface area contributed by atoms with E-state index in [-0.39, 0.29) is 12.4 Å². The van der Waals surface area contributed by atoms with Gasteiger partial charge in [0.05, 0.1) is 0 Å². The number of hydrogen-bond acceptors (Lipinski definition) is 3. The van der Waals surface area contributed by atoms with Crippen molar-refractivity contribution in [1.82, 2.24) is 0 Å². The average molecular weight is 208 g/mol. The lowest BCUT2D eigenvalue weighted by Crippen LogP contribution is -2.07. The summed E-state index contributed by atoms with van der Waals surface area (Å²) in [6.45, 7) is 4.84. The van der Waals surface area contributed by atoms with Crippen LogP contribution in [0.15, 0.2) is 42.5 Å². The van der Waals surface area contributed by atoms with Gasteiger partial charge in [-0.25, -0.2) is 4.79 Å². The lowest BCUT2D eigenvalue weighted by molar-refractivity contribution is -0.130. The second kappa shape index (κ2) is 7.32. The molecule has 0 saturated heterocycles. The Morgan fingerprint density at radius 1 is 1.40 bits per heavy atom. The predicted octanol–water partition coefficient (Wildman–Crippen LogP) is 1.87. The largest absolute Gasteiger partial charge is 0.483 e. The van der Waals surface area contributed by atoms with Crippen molar-refractivity contribution in [1.29, 1.82) is 0 Å². The zero-order chi connectivity index (χ0) is 11.7. The van der Waals surface area contributed by atoms with Crippen molar-refractivity contribution >= 4 is 12.4 Å². The molecule has 0 bridgehead atoms. The normalized spacial score (nSPS) is 8.07. The number of esters is 1. The Bertz CT molecular complexity index is 330. The molecular weight excluding hydrogens is 196 g/mol. The first-order valence-electron chi connectivity index (χ1n) is 4.12. The minimum Gasteiger partial charge on any atom is -0.483 e. The maximum atomic E-state index is 11.0. The average Bonchev–Trinajstić information content (AvgIpc) is 2.20. The van der Waals surface area contributed by atoms with Crippen molar-refractivity contribution in [2.24, 2.45) is 0 Å². The summed E-state index contributed by atoms with van der Waals surface area (Å²) in [6.07, 6.45) is 0. The number of hydrogen-bond donors (Lipinski definition) is 1. The summed E-state index contributed by atoms with van der Waals surface area (Å²) in [7, 11) is 0. The lowest BCUT2D eigenvalue weighted by Gasteiger charge is -2.01. The van der Waals surface area contributed by atoms with Crippen LogP contribution in [0.25, 0.3) is 0 Å². The van der Waals surface area contributed by atoms with Crippen LogP contribution in [-0.4, -0.2) is 17.5 Å². The van der Waals surface area contributed by atoms with Crippen LogP contribution in [0.3, 0.4) is 0 Å². The van der Waals surface area contributed by atoms with E-state index in [4.69, 9.17) is 14.6 Å². The fraction of sp³-hybridized carbons (Fsp3) is 0.0909. The van der Waals surface area contributed by atoms with E-state index in [0.29, 0.717) is 11.3 Å². The molecule has 1 aromatic rings. The molecule has 0 aliphatic rings. The number of rotatable bonds is 2. The minimum absolute atomic E-state index is 0.250. The summed E-state index contributed by atoms with van der Waals surface area (Å²) in [6, 6.07) is 8.92. The predicted molar refractivity (Wildman–Crippen MR) is 55.6 cm³/mol. The fourth-order valence-corrected chi connectivity index (χ4v) is 0.683. The highest BCUT2D eigenvalue weighted by atomic mass is 16.5. The van der Waals surface area contributed by atoms with Crippen molar-refractivity contribution < 1.29 is 19.4 Å². The second-order valence-electron chi connectivity index (χ2n) is 2.59. The van der Waals surface area contributed by atoms with Crippen molar-refractivity contribution in [3.63, 3.8) is 0 Å². The van der Waals surface area contributed by atoms with E-state index in [0.717, 1.165) is 0 Å². The highest BCUT2D eigenvalue weighted by molar-refractivity contribution is 5.88. The van der Waals surface area contributed by atoms with Crippen LogP contribution in [-0.2, 0) is 9.59 Å². The number of benzene rings is 1. The van der Waals surface area contributed by atoms with Crippen LogP contribution in [0.5, 0.6) is 5.75 Å². The molecular formula is C11H12O4. The third kappa shape index (κ3) is 6.04.